The molecule has 2 atom stereocenters. The Morgan fingerprint density at radius 1 is 1.00 bits per heavy atom. The van der Waals surface area contributed by atoms with E-state index in [9.17, 15) is 5.26 Å². The molecule has 4 heteroatoms. The second-order valence-corrected chi connectivity index (χ2v) is 6.46. The molecule has 2 fully saturated rings. The van der Waals surface area contributed by atoms with E-state index in [1.54, 1.807) is 0 Å². The molecule has 0 aliphatic carbocycles. The van der Waals surface area contributed by atoms with Crippen molar-refractivity contribution in [2.24, 2.45) is 0 Å². The summed E-state index contributed by atoms with van der Waals surface area (Å²) in [7, 11) is 2.15. The van der Waals surface area contributed by atoms with Crippen LogP contribution in [0.3, 0.4) is 0 Å². The maximum absolute atomic E-state index is 9.30. The zero-order chi connectivity index (χ0) is 13.9. The molecule has 4 nitrogen and oxygen atoms in total. The van der Waals surface area contributed by atoms with Gasteiger partial charge in [0.15, 0.2) is 0 Å². The van der Waals surface area contributed by atoms with E-state index in [0.29, 0.717) is 12.2 Å². The summed E-state index contributed by atoms with van der Waals surface area (Å²) in [6, 6.07) is 2.89. The third-order valence-corrected chi connectivity index (χ3v) is 5.07. The minimum absolute atomic E-state index is 0.465. The minimum atomic E-state index is 0.465. The molecule has 0 amide bonds. The molecular formula is C16H26N4. The first-order valence-corrected chi connectivity index (χ1v) is 8.10. The molecule has 0 unspecified atom stereocenters. The molecule has 2 saturated heterocycles. The molecule has 0 radical (unpaired) electrons. The van der Waals surface area contributed by atoms with Crippen LogP contribution < -0.4 is 0 Å². The predicted molar refractivity (Wildman–Crippen MR) is 79.9 cm³/mol. The predicted octanol–water partition coefficient (Wildman–Crippen LogP) is 2.01. The van der Waals surface area contributed by atoms with Crippen LogP contribution >= 0.6 is 0 Å². The highest BCUT2D eigenvalue weighted by Gasteiger charge is 2.38. The summed E-state index contributed by atoms with van der Waals surface area (Å²) in [6.07, 6.45) is 10.1. The maximum Gasteiger partial charge on any atom is 0.0974 e. The van der Waals surface area contributed by atoms with Crippen LogP contribution in [0, 0.1) is 11.3 Å². The first-order chi connectivity index (χ1) is 9.79. The van der Waals surface area contributed by atoms with Crippen LogP contribution in [0.4, 0.5) is 0 Å². The largest absolute Gasteiger partial charge is 0.362 e. The number of rotatable bonds is 2. The number of nitriles is 1. The highest BCUT2D eigenvalue weighted by molar-refractivity contribution is 5.25. The molecule has 20 heavy (non-hydrogen) atoms. The van der Waals surface area contributed by atoms with E-state index in [2.05, 4.69) is 34.0 Å². The number of nitrogens with zero attached hydrogens (tertiary/aromatic N) is 4. The normalized spacial score (nSPS) is 33.0. The SMILES string of the molecule is CN1C=C(C#N)C[C@H](N2CCCCC2)[C@H]1N1CCCC1. The summed E-state index contributed by atoms with van der Waals surface area (Å²) < 4.78 is 0. The number of likely N-dealkylation sites (N-methyl/N-ethyl adjacent to an activating group) is 1. The van der Waals surface area contributed by atoms with Gasteiger partial charge in [-0.15, -0.1) is 0 Å². The number of likely N-dealkylation sites (tertiary alicyclic amines) is 2. The molecule has 3 heterocycles. The fraction of sp³-hybridized carbons (Fsp3) is 0.812. The first-order valence-electron chi connectivity index (χ1n) is 8.10. The summed E-state index contributed by atoms with van der Waals surface area (Å²) in [5.74, 6) is 0. The van der Waals surface area contributed by atoms with Crippen LogP contribution in [-0.4, -0.2) is 60.1 Å². The smallest absolute Gasteiger partial charge is 0.0974 e. The lowest BCUT2D eigenvalue weighted by Gasteiger charge is -2.48. The van der Waals surface area contributed by atoms with Crippen LogP contribution in [0.1, 0.15) is 38.5 Å². The monoisotopic (exact) mass is 274 g/mol. The van der Waals surface area contributed by atoms with Crippen molar-refractivity contribution in [3.63, 3.8) is 0 Å². The van der Waals surface area contributed by atoms with Crippen LogP contribution in [0.2, 0.25) is 0 Å². The van der Waals surface area contributed by atoms with Gasteiger partial charge in [0.2, 0.25) is 0 Å². The molecule has 110 valence electrons. The van der Waals surface area contributed by atoms with Crippen molar-refractivity contribution in [2.75, 3.05) is 33.2 Å². The summed E-state index contributed by atoms with van der Waals surface area (Å²) in [5, 5.41) is 9.30. The van der Waals surface area contributed by atoms with Crippen molar-refractivity contribution in [1.29, 1.82) is 5.26 Å². The van der Waals surface area contributed by atoms with Gasteiger partial charge in [-0.05, 0) is 38.8 Å². The van der Waals surface area contributed by atoms with Gasteiger partial charge in [-0.1, -0.05) is 6.42 Å². The van der Waals surface area contributed by atoms with Gasteiger partial charge in [0.25, 0.3) is 0 Å². The maximum atomic E-state index is 9.30. The summed E-state index contributed by atoms with van der Waals surface area (Å²) in [5.41, 5.74) is 0.943. The lowest BCUT2D eigenvalue weighted by Crippen LogP contribution is -2.59. The quantitative estimate of drug-likeness (QED) is 0.771. The van der Waals surface area contributed by atoms with Gasteiger partial charge in [-0.3, -0.25) is 9.80 Å². The molecule has 3 rings (SSSR count). The fourth-order valence-electron chi connectivity index (χ4n) is 4.13. The third kappa shape index (κ3) is 2.70. The second kappa shape index (κ2) is 6.15. The molecule has 0 spiro atoms. The van der Waals surface area contributed by atoms with Crippen molar-refractivity contribution < 1.29 is 0 Å². The topological polar surface area (TPSA) is 33.5 Å². The van der Waals surface area contributed by atoms with Gasteiger partial charge in [0, 0.05) is 44.4 Å². The van der Waals surface area contributed by atoms with Crippen LogP contribution in [-0.2, 0) is 0 Å². The Balaban J connectivity index is 1.82. The summed E-state index contributed by atoms with van der Waals surface area (Å²) in [4.78, 5) is 7.57. The van der Waals surface area contributed by atoms with Gasteiger partial charge < -0.3 is 4.90 Å². The fourth-order valence-corrected chi connectivity index (χ4v) is 4.13. The van der Waals surface area contributed by atoms with E-state index in [-0.39, 0.29) is 0 Å². The lowest BCUT2D eigenvalue weighted by molar-refractivity contribution is 0.00434. The zero-order valence-electron chi connectivity index (χ0n) is 12.6. The van der Waals surface area contributed by atoms with E-state index in [1.807, 2.05) is 0 Å². The van der Waals surface area contributed by atoms with E-state index in [0.717, 1.165) is 12.0 Å². The van der Waals surface area contributed by atoms with Gasteiger partial charge in [0.1, 0.15) is 0 Å². The van der Waals surface area contributed by atoms with E-state index in [1.165, 1.54) is 58.3 Å². The highest BCUT2D eigenvalue weighted by atomic mass is 15.4. The van der Waals surface area contributed by atoms with Gasteiger partial charge in [0.05, 0.1) is 12.2 Å². The Hall–Kier alpha value is -1.05. The van der Waals surface area contributed by atoms with Crippen molar-refractivity contribution in [2.45, 2.75) is 50.7 Å². The van der Waals surface area contributed by atoms with Gasteiger partial charge in [-0.2, -0.15) is 5.26 Å². The first kappa shape index (κ1) is 13.9. The highest BCUT2D eigenvalue weighted by Crippen LogP contribution is 2.30. The standard InChI is InChI=1S/C16H26N4/c1-18-13-14(12-17)11-15(19-7-3-2-4-8-19)16(18)20-9-5-6-10-20/h13,15-16H,2-11H2,1H3/t15-,16+/m0/s1. The van der Waals surface area contributed by atoms with Crippen LogP contribution in [0.25, 0.3) is 0 Å². The van der Waals surface area contributed by atoms with Crippen molar-refractivity contribution >= 4 is 0 Å². The number of hydrogen-bond acceptors (Lipinski definition) is 4. The summed E-state index contributed by atoms with van der Waals surface area (Å²) >= 11 is 0. The number of hydrogen-bond donors (Lipinski definition) is 0. The van der Waals surface area contributed by atoms with E-state index in [4.69, 9.17) is 0 Å². The van der Waals surface area contributed by atoms with Gasteiger partial charge in [-0.25, -0.2) is 0 Å². The number of piperidine rings is 1. The Labute approximate surface area is 122 Å². The average molecular weight is 274 g/mol. The Morgan fingerprint density at radius 3 is 2.25 bits per heavy atom. The molecule has 0 bridgehead atoms. The minimum Gasteiger partial charge on any atom is -0.362 e. The molecular weight excluding hydrogens is 248 g/mol. The molecule has 0 saturated carbocycles. The van der Waals surface area contributed by atoms with Crippen molar-refractivity contribution in [1.82, 2.24) is 14.7 Å². The molecule has 0 aromatic heterocycles. The molecule has 0 aromatic carbocycles. The molecule has 3 aliphatic heterocycles. The van der Waals surface area contributed by atoms with Crippen LogP contribution in [0.5, 0.6) is 0 Å². The average Bonchev–Trinajstić information content (AvgIpc) is 3.01. The zero-order valence-corrected chi connectivity index (χ0v) is 12.6. The van der Waals surface area contributed by atoms with Crippen molar-refractivity contribution in [3.05, 3.63) is 11.8 Å². The van der Waals surface area contributed by atoms with E-state index >= 15 is 0 Å². The molecule has 3 aliphatic rings. The van der Waals surface area contributed by atoms with E-state index < -0.39 is 0 Å². The molecule has 0 aromatic rings. The molecule has 0 N–H and O–H groups in total. The second-order valence-electron chi connectivity index (χ2n) is 6.46. The van der Waals surface area contributed by atoms with Crippen LogP contribution in [0.15, 0.2) is 11.8 Å². The Morgan fingerprint density at radius 2 is 1.60 bits per heavy atom. The third-order valence-electron chi connectivity index (χ3n) is 5.07. The lowest BCUT2D eigenvalue weighted by atomic mass is 9.96. The van der Waals surface area contributed by atoms with Gasteiger partial charge >= 0.3 is 0 Å². The Bertz CT molecular complexity index is 399. The van der Waals surface area contributed by atoms with Crippen molar-refractivity contribution in [3.8, 4) is 6.07 Å². The summed E-state index contributed by atoms with van der Waals surface area (Å²) in [6.45, 7) is 4.85. The Kier molecular flexibility index (Phi) is 4.28.